The molecule has 0 aliphatic heterocycles. The van der Waals surface area contributed by atoms with Gasteiger partial charge < -0.3 is 9.47 Å². The molecular formula is C17H25NO3. The summed E-state index contributed by atoms with van der Waals surface area (Å²) in [6.45, 7) is 8.36. The van der Waals surface area contributed by atoms with Gasteiger partial charge in [0.15, 0.2) is 0 Å². The van der Waals surface area contributed by atoms with Crippen LogP contribution in [-0.2, 0) is 9.53 Å². The van der Waals surface area contributed by atoms with Gasteiger partial charge in [0.25, 0.3) is 0 Å². The van der Waals surface area contributed by atoms with Crippen molar-refractivity contribution >= 4 is 5.97 Å². The third-order valence-corrected chi connectivity index (χ3v) is 3.69. The zero-order chi connectivity index (χ0) is 15.5. The van der Waals surface area contributed by atoms with E-state index in [2.05, 4.69) is 11.4 Å². The molecular weight excluding hydrogens is 266 g/mol. The Morgan fingerprint density at radius 1 is 1.38 bits per heavy atom. The maximum absolute atomic E-state index is 12.2. The summed E-state index contributed by atoms with van der Waals surface area (Å²) < 4.78 is 11.1. The first-order valence-electron chi connectivity index (χ1n) is 7.59. The Labute approximate surface area is 126 Å². The Morgan fingerprint density at radius 3 is 2.71 bits per heavy atom. The van der Waals surface area contributed by atoms with Gasteiger partial charge in [0.2, 0.25) is 0 Å². The minimum Gasteiger partial charge on any atom is -0.491 e. The lowest BCUT2D eigenvalue weighted by Crippen LogP contribution is -2.55. The van der Waals surface area contributed by atoms with Crippen LogP contribution < -0.4 is 10.1 Å². The number of carbonyl (C=O) groups excluding carboxylic acids is 1. The first-order valence-corrected chi connectivity index (χ1v) is 7.59. The molecule has 2 rings (SSSR count). The second kappa shape index (κ2) is 6.48. The summed E-state index contributed by atoms with van der Waals surface area (Å²) in [6.07, 6.45) is 2.22. The third kappa shape index (κ3) is 4.21. The molecule has 0 spiro atoms. The fraction of sp³-hybridized carbons (Fsp3) is 0.588. The molecule has 0 heterocycles. The average molecular weight is 291 g/mol. The molecule has 0 radical (unpaired) electrons. The van der Waals surface area contributed by atoms with Crippen LogP contribution in [0.4, 0.5) is 0 Å². The molecule has 4 heteroatoms. The molecule has 1 atom stereocenters. The number of rotatable bonds is 7. The van der Waals surface area contributed by atoms with Crippen molar-refractivity contribution < 1.29 is 14.3 Å². The van der Waals surface area contributed by atoms with E-state index in [-0.39, 0.29) is 12.6 Å². The Hall–Kier alpha value is -1.55. The van der Waals surface area contributed by atoms with Crippen LogP contribution in [0.5, 0.6) is 5.75 Å². The number of ether oxygens (including phenoxy) is 2. The summed E-state index contributed by atoms with van der Waals surface area (Å²) in [5, 5.41) is 3.36. The van der Waals surface area contributed by atoms with Gasteiger partial charge in [0.05, 0.1) is 6.61 Å². The van der Waals surface area contributed by atoms with Crippen molar-refractivity contribution in [3.8, 4) is 5.75 Å². The van der Waals surface area contributed by atoms with Gasteiger partial charge in [-0.3, -0.25) is 5.32 Å². The maximum atomic E-state index is 12.2. The van der Waals surface area contributed by atoms with Crippen LogP contribution in [0, 0.1) is 13.8 Å². The number of aryl methyl sites for hydroxylation is 2. The van der Waals surface area contributed by atoms with Gasteiger partial charge in [-0.05, 0) is 57.7 Å². The lowest BCUT2D eigenvalue weighted by atomic mass is 10.0. The molecule has 0 aromatic heterocycles. The van der Waals surface area contributed by atoms with Crippen molar-refractivity contribution in [2.24, 2.45) is 0 Å². The molecule has 1 aliphatic carbocycles. The quantitative estimate of drug-likeness (QED) is 0.785. The molecule has 0 bridgehead atoms. The third-order valence-electron chi connectivity index (χ3n) is 3.69. The fourth-order valence-corrected chi connectivity index (χ4v) is 2.21. The molecule has 1 N–H and O–H groups in total. The van der Waals surface area contributed by atoms with Gasteiger partial charge in [0, 0.05) is 6.04 Å². The van der Waals surface area contributed by atoms with E-state index in [1.54, 1.807) is 0 Å². The number of hydrogen-bond acceptors (Lipinski definition) is 4. The van der Waals surface area contributed by atoms with Crippen molar-refractivity contribution in [2.75, 3.05) is 13.2 Å². The minimum atomic E-state index is -0.798. The van der Waals surface area contributed by atoms with Crippen LogP contribution in [0.15, 0.2) is 18.2 Å². The van der Waals surface area contributed by atoms with Crippen LogP contribution in [0.25, 0.3) is 0 Å². The summed E-state index contributed by atoms with van der Waals surface area (Å²) in [6, 6.07) is 6.48. The lowest BCUT2D eigenvalue weighted by Gasteiger charge is -2.29. The van der Waals surface area contributed by atoms with Gasteiger partial charge in [-0.15, -0.1) is 0 Å². The topological polar surface area (TPSA) is 47.6 Å². The number of carbonyl (C=O) groups is 1. The predicted molar refractivity (Wildman–Crippen MR) is 82.6 cm³/mol. The predicted octanol–water partition coefficient (Wildman–Crippen LogP) is 2.76. The Morgan fingerprint density at radius 2 is 2.10 bits per heavy atom. The zero-order valence-corrected chi connectivity index (χ0v) is 13.4. The second-order valence-corrected chi connectivity index (χ2v) is 6.03. The molecule has 1 fully saturated rings. The van der Waals surface area contributed by atoms with Gasteiger partial charge in [-0.1, -0.05) is 12.1 Å². The number of esters is 1. The van der Waals surface area contributed by atoms with Crippen LogP contribution >= 0.6 is 0 Å². The fourth-order valence-electron chi connectivity index (χ4n) is 2.21. The van der Waals surface area contributed by atoms with Crippen LogP contribution in [0.1, 0.15) is 37.8 Å². The van der Waals surface area contributed by atoms with Crippen LogP contribution in [0.3, 0.4) is 0 Å². The lowest BCUT2D eigenvalue weighted by molar-refractivity contribution is -0.152. The van der Waals surface area contributed by atoms with Crippen molar-refractivity contribution in [1.29, 1.82) is 0 Å². The molecule has 1 unspecified atom stereocenters. The Kier molecular flexibility index (Phi) is 4.88. The Balaban J connectivity index is 2.07. The number of benzene rings is 1. The maximum Gasteiger partial charge on any atom is 0.329 e. The van der Waals surface area contributed by atoms with Gasteiger partial charge >= 0.3 is 5.97 Å². The minimum absolute atomic E-state index is 0.248. The summed E-state index contributed by atoms with van der Waals surface area (Å²) in [5.41, 5.74) is 1.41. The van der Waals surface area contributed by atoms with Gasteiger partial charge in [-0.25, -0.2) is 4.79 Å². The van der Waals surface area contributed by atoms with Crippen LogP contribution in [-0.4, -0.2) is 30.8 Å². The van der Waals surface area contributed by atoms with E-state index in [1.165, 1.54) is 0 Å². The highest BCUT2D eigenvalue weighted by molar-refractivity contribution is 5.80. The SMILES string of the molecule is CCOC(=O)C(C)(COc1cc(C)ccc1C)NC1CC1. The number of hydrogen-bond donors (Lipinski definition) is 1. The van der Waals surface area contributed by atoms with Gasteiger partial charge in [0.1, 0.15) is 17.9 Å². The highest BCUT2D eigenvalue weighted by Crippen LogP contribution is 2.25. The molecule has 1 aromatic carbocycles. The van der Waals surface area contributed by atoms with Crippen molar-refractivity contribution in [3.05, 3.63) is 29.3 Å². The van der Waals surface area contributed by atoms with Crippen molar-refractivity contribution in [2.45, 2.75) is 52.1 Å². The molecule has 0 amide bonds. The highest BCUT2D eigenvalue weighted by atomic mass is 16.5. The zero-order valence-electron chi connectivity index (χ0n) is 13.4. The molecule has 1 aromatic rings. The second-order valence-electron chi connectivity index (χ2n) is 6.03. The summed E-state index contributed by atoms with van der Waals surface area (Å²) >= 11 is 0. The van der Waals surface area contributed by atoms with E-state index in [0.717, 1.165) is 29.7 Å². The highest BCUT2D eigenvalue weighted by Gasteiger charge is 2.40. The van der Waals surface area contributed by atoms with Crippen molar-refractivity contribution in [1.82, 2.24) is 5.32 Å². The molecule has 4 nitrogen and oxygen atoms in total. The average Bonchev–Trinajstić information content (AvgIpc) is 3.24. The normalized spacial score (nSPS) is 17.1. The van der Waals surface area contributed by atoms with E-state index >= 15 is 0 Å². The first kappa shape index (κ1) is 15.8. The van der Waals surface area contributed by atoms with E-state index in [0.29, 0.717) is 12.6 Å². The molecule has 116 valence electrons. The standard InChI is InChI=1S/C17H25NO3/c1-5-20-16(19)17(4,18-14-8-9-14)11-21-15-10-12(2)6-7-13(15)3/h6-7,10,14,18H,5,8-9,11H2,1-4H3. The van der Waals surface area contributed by atoms with E-state index < -0.39 is 5.54 Å². The Bertz CT molecular complexity index is 511. The van der Waals surface area contributed by atoms with E-state index in [4.69, 9.17) is 9.47 Å². The molecule has 21 heavy (non-hydrogen) atoms. The van der Waals surface area contributed by atoms with Crippen molar-refractivity contribution in [3.63, 3.8) is 0 Å². The number of nitrogens with one attached hydrogen (secondary N) is 1. The summed E-state index contributed by atoms with van der Waals surface area (Å²) in [4.78, 5) is 12.2. The van der Waals surface area contributed by atoms with E-state index in [1.807, 2.05) is 39.8 Å². The molecule has 0 saturated heterocycles. The first-order chi connectivity index (χ1) is 9.94. The van der Waals surface area contributed by atoms with Crippen LogP contribution in [0.2, 0.25) is 0 Å². The summed E-state index contributed by atoms with van der Waals surface area (Å²) in [7, 11) is 0. The molecule has 1 aliphatic rings. The molecule has 1 saturated carbocycles. The summed E-state index contributed by atoms with van der Waals surface area (Å²) in [5.74, 6) is 0.574. The van der Waals surface area contributed by atoms with Gasteiger partial charge in [-0.2, -0.15) is 0 Å². The smallest absolute Gasteiger partial charge is 0.329 e. The largest absolute Gasteiger partial charge is 0.491 e. The van der Waals surface area contributed by atoms with E-state index in [9.17, 15) is 4.79 Å². The monoisotopic (exact) mass is 291 g/mol.